The van der Waals surface area contributed by atoms with Crippen LogP contribution in [0.4, 0.5) is 0 Å². The molecule has 5 nitrogen and oxygen atoms in total. The Morgan fingerprint density at radius 3 is 1.81 bits per heavy atom. The van der Waals surface area contributed by atoms with Crippen LogP contribution in [-0.4, -0.2) is 45.7 Å². The molecule has 0 aromatic carbocycles. The second-order valence-corrected chi connectivity index (χ2v) is 7.34. The van der Waals surface area contributed by atoms with Gasteiger partial charge >= 0.3 is 0 Å². The predicted octanol–water partition coefficient (Wildman–Crippen LogP) is 3.57. The van der Waals surface area contributed by atoms with Crippen LogP contribution < -0.4 is 0 Å². The van der Waals surface area contributed by atoms with Crippen LogP contribution in [0.15, 0.2) is 0 Å². The zero-order valence-corrected chi connectivity index (χ0v) is 16.8. The summed E-state index contributed by atoms with van der Waals surface area (Å²) in [4.78, 5) is 24.9. The van der Waals surface area contributed by atoms with Gasteiger partial charge in [-0.15, -0.1) is 0 Å². The van der Waals surface area contributed by atoms with Crippen molar-refractivity contribution in [2.75, 3.05) is 6.61 Å². The zero-order valence-electron chi connectivity index (χ0n) is 16.8. The van der Waals surface area contributed by atoms with Gasteiger partial charge in [0.05, 0.1) is 12.5 Å². The predicted molar refractivity (Wildman–Crippen MR) is 104 cm³/mol. The fourth-order valence-electron chi connectivity index (χ4n) is 3.16. The van der Waals surface area contributed by atoms with Crippen LogP contribution in [0.3, 0.4) is 0 Å². The van der Waals surface area contributed by atoms with Crippen molar-refractivity contribution in [1.82, 2.24) is 0 Å². The van der Waals surface area contributed by atoms with E-state index in [-0.39, 0.29) is 5.78 Å². The molecule has 3 atom stereocenters. The normalized spacial score (nSPS) is 14.8. The fourth-order valence-corrected chi connectivity index (χ4v) is 3.16. The molecule has 0 radical (unpaired) electrons. The molecule has 0 aliphatic carbocycles. The highest BCUT2D eigenvalue weighted by molar-refractivity contribution is 6.04. The molecule has 0 saturated carbocycles. The van der Waals surface area contributed by atoms with E-state index in [0.717, 1.165) is 44.9 Å². The summed E-state index contributed by atoms with van der Waals surface area (Å²) in [7, 11) is 0. The van der Waals surface area contributed by atoms with Gasteiger partial charge in [0, 0.05) is 6.42 Å². The standard InChI is InChI=1S/C21H40O5/c1-3-5-7-9-10-11-13-15-18(23)17(14-12-8-6-4-2)20(25)21(26)19(24)16-22/h17,19,21-22,24,26H,3-16H2,1-2H3. The minimum Gasteiger partial charge on any atom is -0.394 e. The number of carbonyl (C=O) groups is 2. The van der Waals surface area contributed by atoms with Crippen LogP contribution in [0.2, 0.25) is 0 Å². The molecule has 0 bridgehead atoms. The van der Waals surface area contributed by atoms with E-state index in [2.05, 4.69) is 13.8 Å². The molecule has 0 saturated heterocycles. The van der Waals surface area contributed by atoms with Gasteiger partial charge in [-0.25, -0.2) is 0 Å². The minimum absolute atomic E-state index is 0.135. The molecule has 0 rings (SSSR count). The Kier molecular flexibility index (Phi) is 15.9. The van der Waals surface area contributed by atoms with Gasteiger partial charge in [-0.3, -0.25) is 9.59 Å². The van der Waals surface area contributed by atoms with E-state index < -0.39 is 30.5 Å². The molecule has 0 aliphatic rings. The van der Waals surface area contributed by atoms with Gasteiger partial charge in [-0.1, -0.05) is 78.1 Å². The topological polar surface area (TPSA) is 94.8 Å². The van der Waals surface area contributed by atoms with Crippen molar-refractivity contribution in [3.05, 3.63) is 0 Å². The highest BCUT2D eigenvalue weighted by Crippen LogP contribution is 2.19. The second kappa shape index (κ2) is 16.4. The Hall–Kier alpha value is -0.780. The molecular formula is C21H40O5. The Balaban J connectivity index is 4.47. The molecule has 3 N–H and O–H groups in total. The summed E-state index contributed by atoms with van der Waals surface area (Å²) >= 11 is 0. The van der Waals surface area contributed by atoms with E-state index in [1.54, 1.807) is 0 Å². The van der Waals surface area contributed by atoms with Crippen LogP contribution in [-0.2, 0) is 9.59 Å². The van der Waals surface area contributed by atoms with Crippen molar-refractivity contribution in [1.29, 1.82) is 0 Å². The lowest BCUT2D eigenvalue weighted by Crippen LogP contribution is -2.42. The van der Waals surface area contributed by atoms with Crippen LogP contribution in [0, 0.1) is 5.92 Å². The van der Waals surface area contributed by atoms with Gasteiger partial charge in [-0.2, -0.15) is 0 Å². The van der Waals surface area contributed by atoms with E-state index >= 15 is 0 Å². The zero-order chi connectivity index (χ0) is 19.8. The number of carbonyl (C=O) groups excluding carboxylic acids is 2. The smallest absolute Gasteiger partial charge is 0.174 e. The monoisotopic (exact) mass is 372 g/mol. The number of Topliss-reactive ketones (excluding diaryl/α,β-unsaturated/α-hetero) is 2. The molecule has 0 amide bonds. The number of hydrogen-bond donors (Lipinski definition) is 3. The highest BCUT2D eigenvalue weighted by atomic mass is 16.4. The van der Waals surface area contributed by atoms with Gasteiger partial charge in [0.2, 0.25) is 0 Å². The van der Waals surface area contributed by atoms with E-state index in [1.807, 2.05) is 0 Å². The Morgan fingerprint density at radius 1 is 0.769 bits per heavy atom. The number of aliphatic hydroxyl groups is 3. The number of hydrogen-bond acceptors (Lipinski definition) is 5. The van der Waals surface area contributed by atoms with Crippen molar-refractivity contribution in [2.24, 2.45) is 5.92 Å². The van der Waals surface area contributed by atoms with Gasteiger partial charge < -0.3 is 15.3 Å². The van der Waals surface area contributed by atoms with E-state index in [1.165, 1.54) is 25.7 Å². The minimum atomic E-state index is -1.69. The summed E-state index contributed by atoms with van der Waals surface area (Å²) in [5.74, 6) is -1.64. The lowest BCUT2D eigenvalue weighted by molar-refractivity contribution is -0.144. The Labute approximate surface area is 159 Å². The van der Waals surface area contributed by atoms with Crippen LogP contribution in [0.1, 0.15) is 97.3 Å². The Bertz CT molecular complexity index is 369. The number of ketones is 2. The maximum Gasteiger partial charge on any atom is 0.174 e. The lowest BCUT2D eigenvalue weighted by atomic mass is 9.86. The lowest BCUT2D eigenvalue weighted by Gasteiger charge is -2.21. The molecule has 0 spiro atoms. The summed E-state index contributed by atoms with van der Waals surface area (Å²) in [6.07, 6.45) is 9.11. The number of unbranched alkanes of at least 4 members (excludes halogenated alkanes) is 9. The Morgan fingerprint density at radius 2 is 1.27 bits per heavy atom. The largest absolute Gasteiger partial charge is 0.394 e. The van der Waals surface area contributed by atoms with Crippen molar-refractivity contribution in [3.63, 3.8) is 0 Å². The fraction of sp³-hybridized carbons (Fsp3) is 0.905. The van der Waals surface area contributed by atoms with Crippen LogP contribution in [0.25, 0.3) is 0 Å². The first kappa shape index (κ1) is 25.2. The molecule has 0 aromatic heterocycles. The van der Waals surface area contributed by atoms with Crippen LogP contribution >= 0.6 is 0 Å². The molecule has 0 aliphatic heterocycles. The third kappa shape index (κ3) is 11.0. The first-order valence-corrected chi connectivity index (χ1v) is 10.5. The van der Waals surface area contributed by atoms with Crippen molar-refractivity contribution in [3.8, 4) is 0 Å². The van der Waals surface area contributed by atoms with Crippen molar-refractivity contribution < 1.29 is 24.9 Å². The first-order valence-electron chi connectivity index (χ1n) is 10.5. The quantitative estimate of drug-likeness (QED) is 0.253. The molecule has 5 heteroatoms. The maximum atomic E-state index is 12.5. The molecule has 3 unspecified atom stereocenters. The molecule has 26 heavy (non-hydrogen) atoms. The second-order valence-electron chi connectivity index (χ2n) is 7.34. The van der Waals surface area contributed by atoms with E-state index in [4.69, 9.17) is 5.11 Å². The van der Waals surface area contributed by atoms with Gasteiger partial charge in [0.15, 0.2) is 5.78 Å². The van der Waals surface area contributed by atoms with Gasteiger partial charge in [0.25, 0.3) is 0 Å². The maximum absolute atomic E-state index is 12.5. The molecular weight excluding hydrogens is 332 g/mol. The molecule has 0 aromatic rings. The summed E-state index contributed by atoms with van der Waals surface area (Å²) in [6.45, 7) is 3.58. The van der Waals surface area contributed by atoms with Crippen LogP contribution in [0.5, 0.6) is 0 Å². The SMILES string of the molecule is CCCCCCCCCC(=O)C(CCCCCC)C(=O)C(O)C(O)CO. The third-order valence-electron chi connectivity index (χ3n) is 4.95. The van der Waals surface area contributed by atoms with Crippen molar-refractivity contribution >= 4 is 11.6 Å². The number of aliphatic hydroxyl groups excluding tert-OH is 3. The number of rotatable bonds is 18. The first-order chi connectivity index (χ1) is 12.5. The summed E-state index contributed by atoms with van der Waals surface area (Å²) in [6, 6.07) is 0. The molecule has 154 valence electrons. The van der Waals surface area contributed by atoms with E-state index in [0.29, 0.717) is 12.8 Å². The summed E-state index contributed by atoms with van der Waals surface area (Å²) in [5, 5.41) is 28.3. The average molecular weight is 373 g/mol. The summed E-state index contributed by atoms with van der Waals surface area (Å²) < 4.78 is 0. The molecule has 0 heterocycles. The third-order valence-corrected chi connectivity index (χ3v) is 4.95. The molecule has 0 fully saturated rings. The highest BCUT2D eigenvalue weighted by Gasteiger charge is 2.33. The summed E-state index contributed by atoms with van der Waals surface area (Å²) in [5.41, 5.74) is 0. The van der Waals surface area contributed by atoms with Gasteiger partial charge in [0.1, 0.15) is 18.0 Å². The van der Waals surface area contributed by atoms with Gasteiger partial charge in [-0.05, 0) is 12.8 Å². The van der Waals surface area contributed by atoms with E-state index in [9.17, 15) is 19.8 Å². The van der Waals surface area contributed by atoms with Crippen molar-refractivity contribution in [2.45, 2.75) is 110 Å². The average Bonchev–Trinajstić information content (AvgIpc) is 2.65.